The summed E-state index contributed by atoms with van der Waals surface area (Å²) in [5.41, 5.74) is 3.17. The van der Waals surface area contributed by atoms with Crippen molar-refractivity contribution in [3.8, 4) is 0 Å². The molecular weight excluding hydrogens is 356 g/mol. The van der Waals surface area contributed by atoms with Gasteiger partial charge in [-0.3, -0.25) is 11.3 Å². The predicted octanol–water partition coefficient (Wildman–Crippen LogP) is 3.71. The van der Waals surface area contributed by atoms with Crippen LogP contribution in [0.1, 0.15) is 36.6 Å². The average molecular weight is 377 g/mol. The van der Waals surface area contributed by atoms with E-state index in [0.717, 1.165) is 19.4 Å². The Bertz CT molecular complexity index is 443. The predicted molar refractivity (Wildman–Crippen MR) is 90.0 cm³/mol. The van der Waals surface area contributed by atoms with Gasteiger partial charge in [0.2, 0.25) is 0 Å². The van der Waals surface area contributed by atoms with E-state index in [1.54, 1.807) is 11.3 Å². The second-order valence-corrected chi connectivity index (χ2v) is 9.40. The van der Waals surface area contributed by atoms with Crippen molar-refractivity contribution in [3.05, 3.63) is 20.8 Å². The molecule has 0 bridgehead atoms. The third kappa shape index (κ3) is 3.25. The average Bonchev–Trinajstić information content (AvgIpc) is 2.87. The lowest BCUT2D eigenvalue weighted by Crippen LogP contribution is -2.46. The number of rotatable bonds is 3. The minimum Gasteiger partial charge on any atom is -0.375 e. The van der Waals surface area contributed by atoms with Crippen LogP contribution in [-0.4, -0.2) is 23.7 Å². The molecule has 0 saturated carbocycles. The molecule has 2 fully saturated rings. The molecule has 1 aromatic rings. The molecule has 2 unspecified atom stereocenters. The van der Waals surface area contributed by atoms with Gasteiger partial charge in [-0.2, -0.15) is 11.8 Å². The zero-order valence-corrected chi connectivity index (χ0v) is 14.7. The normalized spacial score (nSPS) is 27.6. The molecule has 2 saturated heterocycles. The van der Waals surface area contributed by atoms with Gasteiger partial charge in [0.1, 0.15) is 0 Å². The monoisotopic (exact) mass is 376 g/mol. The van der Waals surface area contributed by atoms with Gasteiger partial charge >= 0.3 is 0 Å². The second kappa shape index (κ2) is 6.67. The maximum atomic E-state index is 6.18. The molecule has 6 heteroatoms. The van der Waals surface area contributed by atoms with E-state index in [4.69, 9.17) is 10.6 Å². The van der Waals surface area contributed by atoms with Gasteiger partial charge in [0.15, 0.2) is 0 Å². The van der Waals surface area contributed by atoms with Crippen molar-refractivity contribution in [1.82, 2.24) is 5.43 Å². The summed E-state index contributed by atoms with van der Waals surface area (Å²) >= 11 is 7.38. The molecule has 3 nitrogen and oxygen atoms in total. The van der Waals surface area contributed by atoms with Crippen molar-refractivity contribution in [1.29, 1.82) is 0 Å². The van der Waals surface area contributed by atoms with Crippen molar-refractivity contribution in [2.45, 2.75) is 37.3 Å². The number of halogens is 1. The number of ether oxygens (including phenoxy) is 1. The lowest BCUT2D eigenvalue weighted by atomic mass is 9.78. The van der Waals surface area contributed by atoms with Crippen molar-refractivity contribution in [2.75, 3.05) is 18.1 Å². The van der Waals surface area contributed by atoms with Crippen LogP contribution in [0.3, 0.4) is 0 Å². The van der Waals surface area contributed by atoms with Crippen LogP contribution in [0.25, 0.3) is 0 Å². The Labute approximate surface area is 137 Å². The maximum Gasteiger partial charge on any atom is 0.0702 e. The molecule has 2 aliphatic heterocycles. The van der Waals surface area contributed by atoms with Crippen LogP contribution in [0.5, 0.6) is 0 Å². The number of hydrazine groups is 1. The van der Waals surface area contributed by atoms with E-state index in [9.17, 15) is 0 Å². The summed E-state index contributed by atoms with van der Waals surface area (Å²) < 4.78 is 7.35. The summed E-state index contributed by atoms with van der Waals surface area (Å²) in [5, 5.41) is 0. The molecule has 112 valence electrons. The number of thioether (sulfide) groups is 1. The van der Waals surface area contributed by atoms with Crippen molar-refractivity contribution < 1.29 is 4.74 Å². The highest BCUT2D eigenvalue weighted by atomic mass is 79.9. The van der Waals surface area contributed by atoms with E-state index < -0.39 is 0 Å². The Balaban J connectivity index is 1.74. The van der Waals surface area contributed by atoms with Crippen LogP contribution in [0.2, 0.25) is 0 Å². The molecule has 2 aliphatic rings. The molecule has 0 aliphatic carbocycles. The van der Waals surface area contributed by atoms with Crippen LogP contribution < -0.4 is 11.3 Å². The molecular formula is C14H21BrN2OS2. The fourth-order valence-corrected chi connectivity index (χ4v) is 6.20. The summed E-state index contributed by atoms with van der Waals surface area (Å²) in [7, 11) is 0. The van der Waals surface area contributed by atoms with E-state index in [2.05, 4.69) is 45.3 Å². The van der Waals surface area contributed by atoms with Crippen molar-refractivity contribution >= 4 is 39.0 Å². The fraction of sp³-hybridized carbons (Fsp3) is 0.714. The Morgan fingerprint density at radius 3 is 2.85 bits per heavy atom. The Kier molecular flexibility index (Phi) is 5.10. The summed E-state index contributed by atoms with van der Waals surface area (Å²) in [6.45, 7) is 0.875. The van der Waals surface area contributed by atoms with Crippen LogP contribution in [0, 0.1) is 5.92 Å². The van der Waals surface area contributed by atoms with Crippen LogP contribution >= 0.6 is 39.0 Å². The first kappa shape index (κ1) is 15.3. The summed E-state index contributed by atoms with van der Waals surface area (Å²) in [6.07, 6.45) is 4.62. The van der Waals surface area contributed by atoms with E-state index in [-0.39, 0.29) is 11.6 Å². The van der Waals surface area contributed by atoms with E-state index in [0.29, 0.717) is 5.92 Å². The van der Waals surface area contributed by atoms with Gasteiger partial charge < -0.3 is 4.74 Å². The summed E-state index contributed by atoms with van der Waals surface area (Å²) in [6, 6.07) is 4.54. The quantitative estimate of drug-likeness (QED) is 0.623. The van der Waals surface area contributed by atoms with Gasteiger partial charge in [-0.15, -0.1) is 11.3 Å². The maximum absolute atomic E-state index is 6.18. The Hall–Kier alpha value is 0.410. The van der Waals surface area contributed by atoms with Gasteiger partial charge in [-0.25, -0.2) is 0 Å². The van der Waals surface area contributed by atoms with Gasteiger partial charge in [-0.1, -0.05) is 0 Å². The van der Waals surface area contributed by atoms with Gasteiger partial charge in [0, 0.05) is 11.5 Å². The van der Waals surface area contributed by atoms with Crippen molar-refractivity contribution in [2.24, 2.45) is 11.8 Å². The molecule has 0 radical (unpaired) electrons. The number of thiophene rings is 1. The van der Waals surface area contributed by atoms with Crippen LogP contribution in [0.15, 0.2) is 15.9 Å². The van der Waals surface area contributed by atoms with E-state index >= 15 is 0 Å². The summed E-state index contributed by atoms with van der Waals surface area (Å²) in [4.78, 5) is 1.33. The zero-order valence-electron chi connectivity index (χ0n) is 11.4. The number of nitrogens with one attached hydrogen (secondary N) is 1. The highest BCUT2D eigenvalue weighted by Gasteiger charge is 2.41. The SMILES string of the molecule is NNC(c1ccc(Br)s1)C1CCOC2(CCSCC2)C1. The highest BCUT2D eigenvalue weighted by molar-refractivity contribution is 9.11. The molecule has 0 amide bonds. The standard InChI is InChI=1S/C14H21BrN2OS2/c15-12-2-1-11(20-12)13(17-16)10-3-6-18-14(9-10)4-7-19-8-5-14/h1-2,10,13,17H,3-9,16H2. The molecule has 0 aromatic carbocycles. The smallest absolute Gasteiger partial charge is 0.0702 e. The molecule has 3 heterocycles. The Morgan fingerprint density at radius 2 is 2.20 bits per heavy atom. The van der Waals surface area contributed by atoms with Crippen LogP contribution in [0.4, 0.5) is 0 Å². The largest absolute Gasteiger partial charge is 0.375 e. The first-order valence-electron chi connectivity index (χ1n) is 7.15. The van der Waals surface area contributed by atoms with Gasteiger partial charge in [-0.05, 0) is 71.2 Å². The molecule has 1 spiro atoms. The topological polar surface area (TPSA) is 47.3 Å². The molecule has 1 aromatic heterocycles. The third-order valence-corrected chi connectivity index (χ3v) is 7.18. The lowest BCUT2D eigenvalue weighted by molar-refractivity contribution is -0.107. The minimum absolute atomic E-state index is 0.123. The Morgan fingerprint density at radius 1 is 1.40 bits per heavy atom. The van der Waals surface area contributed by atoms with Crippen molar-refractivity contribution in [3.63, 3.8) is 0 Å². The van der Waals surface area contributed by atoms with Gasteiger partial charge in [0.25, 0.3) is 0 Å². The minimum atomic E-state index is 0.123. The molecule has 3 N–H and O–H groups in total. The molecule has 3 rings (SSSR count). The fourth-order valence-electron chi connectivity index (χ4n) is 3.39. The second-order valence-electron chi connectivity index (χ2n) is 5.68. The highest BCUT2D eigenvalue weighted by Crippen LogP contribution is 2.44. The number of nitrogens with two attached hydrogens (primary N) is 1. The summed E-state index contributed by atoms with van der Waals surface area (Å²) in [5.74, 6) is 8.90. The van der Waals surface area contributed by atoms with Gasteiger partial charge in [0.05, 0.1) is 15.4 Å². The lowest BCUT2D eigenvalue weighted by Gasteiger charge is -2.45. The third-order valence-electron chi connectivity index (χ3n) is 4.49. The molecule has 2 atom stereocenters. The number of hydrogen-bond donors (Lipinski definition) is 2. The first-order chi connectivity index (χ1) is 9.72. The number of hydrogen-bond acceptors (Lipinski definition) is 5. The van der Waals surface area contributed by atoms with Crippen LogP contribution in [-0.2, 0) is 4.74 Å². The first-order valence-corrected chi connectivity index (χ1v) is 9.92. The zero-order chi connectivity index (χ0) is 14.0. The molecule has 20 heavy (non-hydrogen) atoms. The van der Waals surface area contributed by atoms with E-state index in [1.807, 2.05) is 0 Å². The van der Waals surface area contributed by atoms with E-state index in [1.165, 1.54) is 33.0 Å².